The van der Waals surface area contributed by atoms with Gasteiger partial charge in [0, 0.05) is 0 Å². The number of rotatable bonds is 7. The monoisotopic (exact) mass is 264 g/mol. The Balaban J connectivity index is 4.60. The first-order valence-electron chi connectivity index (χ1n) is 5.80. The Labute approximate surface area is 101 Å². The molecule has 3 nitrogen and oxygen atoms in total. The third kappa shape index (κ3) is 5.99. The van der Waals surface area contributed by atoms with E-state index in [1.807, 2.05) is 19.9 Å². The van der Waals surface area contributed by atoms with Gasteiger partial charge in [0.25, 0.3) is 0 Å². The molecule has 0 N–H and O–H groups in total. The van der Waals surface area contributed by atoms with Gasteiger partial charge >= 0.3 is 7.60 Å². The maximum Gasteiger partial charge on any atom is 0.334 e. The normalized spacial score (nSPS) is 14.2. The van der Waals surface area contributed by atoms with Crippen molar-refractivity contribution in [1.29, 1.82) is 0 Å². The Morgan fingerprint density at radius 2 is 1.62 bits per heavy atom. The molecule has 0 unspecified atom stereocenters. The quantitative estimate of drug-likeness (QED) is 0.513. The summed E-state index contributed by atoms with van der Waals surface area (Å²) in [5, 5.41) is 1.34. The van der Waals surface area contributed by atoms with Crippen LogP contribution in [-0.2, 0) is 13.6 Å². The lowest BCUT2D eigenvalue weighted by Gasteiger charge is -2.19. The fraction of sp³-hybridized carbons (Fsp3) is 0.818. The average Bonchev–Trinajstić information content (AvgIpc) is 2.13. The van der Waals surface area contributed by atoms with Crippen LogP contribution in [0.15, 0.2) is 11.3 Å². The van der Waals surface area contributed by atoms with Crippen molar-refractivity contribution in [3.05, 3.63) is 11.3 Å². The van der Waals surface area contributed by atoms with Crippen molar-refractivity contribution in [3.8, 4) is 0 Å². The predicted molar refractivity (Wildman–Crippen MR) is 72.8 cm³/mol. The van der Waals surface area contributed by atoms with Gasteiger partial charge in [-0.25, -0.2) is 0 Å². The highest BCUT2D eigenvalue weighted by molar-refractivity contribution is 7.54. The first-order valence-corrected chi connectivity index (χ1v) is 11.0. The molecule has 0 spiro atoms. The van der Waals surface area contributed by atoms with Crippen molar-refractivity contribution >= 4 is 15.7 Å². The zero-order valence-corrected chi connectivity index (χ0v) is 13.3. The van der Waals surface area contributed by atoms with E-state index in [0.29, 0.717) is 19.4 Å². The highest BCUT2D eigenvalue weighted by Gasteiger charge is 2.23. The van der Waals surface area contributed by atoms with Crippen molar-refractivity contribution in [3.63, 3.8) is 0 Å². The Hall–Kier alpha value is 0.107. The van der Waals surface area contributed by atoms with E-state index in [0.717, 1.165) is 0 Å². The van der Waals surface area contributed by atoms with Crippen LogP contribution in [0.4, 0.5) is 0 Å². The molecule has 16 heavy (non-hydrogen) atoms. The van der Waals surface area contributed by atoms with Crippen LogP contribution < -0.4 is 0 Å². The summed E-state index contributed by atoms with van der Waals surface area (Å²) in [5.41, 5.74) is 0. The lowest BCUT2D eigenvalue weighted by atomic mass is 10.6. The molecule has 0 aromatic carbocycles. The van der Waals surface area contributed by atoms with Crippen LogP contribution in [0.5, 0.6) is 0 Å². The van der Waals surface area contributed by atoms with Gasteiger partial charge in [-0.3, -0.25) is 4.57 Å². The highest BCUT2D eigenvalue weighted by Crippen LogP contribution is 2.48. The molecular formula is C11H25O3PSi. The summed E-state index contributed by atoms with van der Waals surface area (Å²) >= 11 is 0. The van der Waals surface area contributed by atoms with Gasteiger partial charge in [-0.05, 0) is 20.8 Å². The molecule has 96 valence electrons. The van der Waals surface area contributed by atoms with Gasteiger partial charge < -0.3 is 9.05 Å². The molecule has 0 heterocycles. The molecule has 0 aliphatic heterocycles. The first-order chi connectivity index (χ1) is 7.25. The summed E-state index contributed by atoms with van der Waals surface area (Å²) in [6.07, 6.45) is 2.42. The van der Waals surface area contributed by atoms with Crippen LogP contribution in [0.25, 0.3) is 0 Å². The lowest BCUT2D eigenvalue weighted by molar-refractivity contribution is 0.222. The SMILES string of the molecule is CCOP(=O)(C/C=C(\C)[Si](C)(C)C)OCC. The molecule has 0 saturated carbocycles. The van der Waals surface area contributed by atoms with Crippen molar-refractivity contribution in [2.24, 2.45) is 0 Å². The van der Waals surface area contributed by atoms with Gasteiger partial charge in [0.2, 0.25) is 0 Å². The van der Waals surface area contributed by atoms with E-state index in [1.54, 1.807) is 0 Å². The predicted octanol–water partition coefficient (Wildman–Crippen LogP) is 4.08. The van der Waals surface area contributed by atoms with Crippen molar-refractivity contribution in [1.82, 2.24) is 0 Å². The second-order valence-electron chi connectivity index (χ2n) is 4.77. The van der Waals surface area contributed by atoms with Crippen LogP contribution in [0.2, 0.25) is 19.6 Å². The average molecular weight is 264 g/mol. The summed E-state index contributed by atoms with van der Waals surface area (Å²) in [6, 6.07) is 0. The topological polar surface area (TPSA) is 35.5 Å². The fourth-order valence-corrected chi connectivity index (χ4v) is 3.55. The summed E-state index contributed by atoms with van der Waals surface area (Å²) in [6.45, 7) is 13.4. The molecule has 0 atom stereocenters. The molecule has 5 heteroatoms. The Morgan fingerprint density at radius 1 is 1.19 bits per heavy atom. The maximum atomic E-state index is 12.2. The van der Waals surface area contributed by atoms with Gasteiger partial charge in [-0.2, -0.15) is 0 Å². The van der Waals surface area contributed by atoms with Crippen LogP contribution in [-0.4, -0.2) is 27.4 Å². The Kier molecular flexibility index (Phi) is 6.79. The molecule has 0 fully saturated rings. The minimum absolute atomic E-state index is 0.394. The van der Waals surface area contributed by atoms with E-state index in [9.17, 15) is 4.57 Å². The molecule has 0 amide bonds. The van der Waals surface area contributed by atoms with Gasteiger partial charge in [-0.15, -0.1) is 0 Å². The first kappa shape index (κ1) is 16.1. The van der Waals surface area contributed by atoms with Crippen LogP contribution in [0.3, 0.4) is 0 Å². The molecule has 0 saturated heterocycles. The largest absolute Gasteiger partial charge is 0.334 e. The Bertz CT molecular complexity index is 271. The number of allylic oxidation sites excluding steroid dienone is 2. The second kappa shape index (κ2) is 6.75. The number of hydrogen-bond donors (Lipinski definition) is 0. The number of hydrogen-bond acceptors (Lipinski definition) is 3. The minimum atomic E-state index is -2.90. The van der Waals surface area contributed by atoms with Crippen molar-refractivity contribution in [2.75, 3.05) is 19.4 Å². The van der Waals surface area contributed by atoms with Gasteiger partial charge in [0.1, 0.15) is 0 Å². The van der Waals surface area contributed by atoms with Crippen molar-refractivity contribution < 1.29 is 13.6 Å². The minimum Gasteiger partial charge on any atom is -0.309 e. The molecule has 0 aliphatic rings. The van der Waals surface area contributed by atoms with Gasteiger partial charge in [0.15, 0.2) is 0 Å². The summed E-state index contributed by atoms with van der Waals surface area (Å²) in [4.78, 5) is 0. The standard InChI is InChI=1S/C11H25O3PSi/c1-7-13-15(12,14-8-2)10-9-11(3)16(4,5)6/h9H,7-8,10H2,1-6H3/b11-9+. The molecule has 0 bridgehead atoms. The third-order valence-electron chi connectivity index (χ3n) is 2.46. The summed E-state index contributed by atoms with van der Waals surface area (Å²) in [7, 11) is -4.17. The van der Waals surface area contributed by atoms with Crippen LogP contribution in [0, 0.1) is 0 Å². The van der Waals surface area contributed by atoms with E-state index in [2.05, 4.69) is 26.6 Å². The smallest absolute Gasteiger partial charge is 0.309 e. The van der Waals surface area contributed by atoms with Crippen molar-refractivity contribution in [2.45, 2.75) is 40.4 Å². The third-order valence-corrected chi connectivity index (χ3v) is 6.96. The second-order valence-corrected chi connectivity index (χ2v) is 12.2. The zero-order valence-electron chi connectivity index (χ0n) is 11.4. The molecule has 0 aromatic rings. The maximum absolute atomic E-state index is 12.2. The fourth-order valence-electron chi connectivity index (χ4n) is 1.09. The molecule has 0 radical (unpaired) electrons. The molecule has 0 rings (SSSR count). The van der Waals surface area contributed by atoms with E-state index < -0.39 is 15.7 Å². The zero-order chi connectivity index (χ0) is 12.8. The van der Waals surface area contributed by atoms with Gasteiger partial charge in [-0.1, -0.05) is 30.9 Å². The lowest BCUT2D eigenvalue weighted by Crippen LogP contribution is -2.22. The van der Waals surface area contributed by atoms with E-state index >= 15 is 0 Å². The van der Waals surface area contributed by atoms with E-state index in [1.165, 1.54) is 5.20 Å². The molecule has 0 aliphatic carbocycles. The summed E-state index contributed by atoms with van der Waals surface area (Å²) < 4.78 is 22.6. The molecular weight excluding hydrogens is 239 g/mol. The van der Waals surface area contributed by atoms with Gasteiger partial charge in [0.05, 0.1) is 27.4 Å². The van der Waals surface area contributed by atoms with E-state index in [-0.39, 0.29) is 0 Å². The van der Waals surface area contributed by atoms with Crippen LogP contribution in [0.1, 0.15) is 20.8 Å². The Morgan fingerprint density at radius 3 is 1.94 bits per heavy atom. The highest BCUT2D eigenvalue weighted by atomic mass is 31.2. The summed E-state index contributed by atoms with van der Waals surface area (Å²) in [5.74, 6) is 0. The molecule has 0 aromatic heterocycles. The van der Waals surface area contributed by atoms with Crippen LogP contribution >= 0.6 is 7.60 Å². The van der Waals surface area contributed by atoms with E-state index in [4.69, 9.17) is 9.05 Å².